The molecule has 6 nitrogen and oxygen atoms in total. The molecule has 148 valence electrons. The minimum absolute atomic E-state index is 0.215. The normalized spacial score (nSPS) is 11.8. The fraction of sp³-hybridized carbons (Fsp3) is 0.273. The number of rotatable bonds is 10. The summed E-state index contributed by atoms with van der Waals surface area (Å²) in [4.78, 5) is 23.6. The highest BCUT2D eigenvalue weighted by atomic mass is 16.5. The molecule has 2 aromatic rings. The number of carbonyl (C=O) groups excluding carboxylic acids is 1. The lowest BCUT2D eigenvalue weighted by molar-refractivity contribution is -0.141. The topological polar surface area (TPSA) is 84.9 Å². The number of carbonyl (C=O) groups is 2. The van der Waals surface area contributed by atoms with Crippen LogP contribution in [0.4, 0.5) is 0 Å². The van der Waals surface area contributed by atoms with Gasteiger partial charge in [-0.2, -0.15) is 0 Å². The Kier molecular flexibility index (Phi) is 8.09. The van der Waals surface area contributed by atoms with E-state index in [1.807, 2.05) is 37.3 Å². The van der Waals surface area contributed by atoms with Crippen molar-refractivity contribution in [1.29, 1.82) is 0 Å². The van der Waals surface area contributed by atoms with Gasteiger partial charge in [-0.3, -0.25) is 4.79 Å². The van der Waals surface area contributed by atoms with Crippen LogP contribution in [-0.2, 0) is 16.0 Å². The van der Waals surface area contributed by atoms with Gasteiger partial charge >= 0.3 is 5.97 Å². The summed E-state index contributed by atoms with van der Waals surface area (Å²) in [6.07, 6.45) is 4.01. The van der Waals surface area contributed by atoms with Gasteiger partial charge in [-0.25, -0.2) is 4.79 Å². The summed E-state index contributed by atoms with van der Waals surface area (Å²) in [5.41, 5.74) is 1.58. The van der Waals surface area contributed by atoms with Crippen molar-refractivity contribution in [2.45, 2.75) is 25.8 Å². The number of nitrogens with one attached hydrogen (secondary N) is 1. The molecule has 1 atom stereocenters. The van der Waals surface area contributed by atoms with Crippen molar-refractivity contribution in [2.75, 3.05) is 13.7 Å². The zero-order chi connectivity index (χ0) is 20.4. The van der Waals surface area contributed by atoms with Crippen LogP contribution < -0.4 is 14.8 Å². The minimum Gasteiger partial charge on any atom is -0.493 e. The van der Waals surface area contributed by atoms with Gasteiger partial charge < -0.3 is 19.9 Å². The van der Waals surface area contributed by atoms with Gasteiger partial charge in [0.2, 0.25) is 5.91 Å². The third-order valence-corrected chi connectivity index (χ3v) is 3.97. The van der Waals surface area contributed by atoms with E-state index in [0.717, 1.165) is 17.5 Å². The zero-order valence-electron chi connectivity index (χ0n) is 16.1. The van der Waals surface area contributed by atoms with Crippen LogP contribution in [0.5, 0.6) is 11.5 Å². The maximum atomic E-state index is 12.2. The summed E-state index contributed by atoms with van der Waals surface area (Å²) >= 11 is 0. The van der Waals surface area contributed by atoms with E-state index in [1.165, 1.54) is 6.08 Å². The molecule has 2 N–H and O–H groups in total. The van der Waals surface area contributed by atoms with Crippen LogP contribution in [0.1, 0.15) is 24.5 Å². The molecular weight excluding hydrogens is 358 g/mol. The monoisotopic (exact) mass is 383 g/mol. The summed E-state index contributed by atoms with van der Waals surface area (Å²) in [6, 6.07) is 13.5. The molecule has 2 aromatic carbocycles. The van der Waals surface area contributed by atoms with Crippen molar-refractivity contribution in [2.24, 2.45) is 0 Å². The van der Waals surface area contributed by atoms with Gasteiger partial charge in [-0.1, -0.05) is 43.3 Å². The van der Waals surface area contributed by atoms with E-state index in [9.17, 15) is 14.7 Å². The van der Waals surface area contributed by atoms with Gasteiger partial charge in [-0.15, -0.1) is 0 Å². The van der Waals surface area contributed by atoms with Crippen molar-refractivity contribution in [1.82, 2.24) is 5.32 Å². The highest BCUT2D eigenvalue weighted by Gasteiger charge is 2.19. The third kappa shape index (κ3) is 6.46. The molecule has 0 heterocycles. The molecule has 0 saturated carbocycles. The Morgan fingerprint density at radius 1 is 1.14 bits per heavy atom. The molecule has 0 aliphatic rings. The number of aliphatic carboxylic acids is 1. The standard InChI is InChI=1S/C22H25NO5/c1-3-13-28-19-11-9-17(15-20(19)27-2)10-12-21(24)23-18(22(25)26)14-16-7-5-4-6-8-16/h4-12,15,18H,3,13-14H2,1-2H3,(H,23,24)(H,25,26)/b12-10+. The maximum absolute atomic E-state index is 12.2. The van der Waals surface area contributed by atoms with Crippen LogP contribution in [0.2, 0.25) is 0 Å². The molecule has 2 rings (SSSR count). The third-order valence-electron chi connectivity index (χ3n) is 3.97. The number of benzene rings is 2. The van der Waals surface area contributed by atoms with Gasteiger partial charge in [0.15, 0.2) is 11.5 Å². The molecule has 0 radical (unpaired) electrons. The smallest absolute Gasteiger partial charge is 0.326 e. The van der Waals surface area contributed by atoms with E-state index in [2.05, 4.69) is 5.32 Å². The van der Waals surface area contributed by atoms with E-state index in [4.69, 9.17) is 9.47 Å². The second kappa shape index (κ2) is 10.8. The molecule has 0 fully saturated rings. The summed E-state index contributed by atoms with van der Waals surface area (Å²) in [5.74, 6) is -0.346. The van der Waals surface area contributed by atoms with Crippen LogP contribution in [-0.4, -0.2) is 36.7 Å². The Balaban J connectivity index is 2.02. The van der Waals surface area contributed by atoms with Gasteiger partial charge in [0, 0.05) is 12.5 Å². The Morgan fingerprint density at radius 3 is 2.54 bits per heavy atom. The molecule has 1 unspecified atom stereocenters. The second-order valence-electron chi connectivity index (χ2n) is 6.18. The first-order valence-electron chi connectivity index (χ1n) is 9.09. The van der Waals surface area contributed by atoms with Crippen LogP contribution in [0.25, 0.3) is 6.08 Å². The Bertz CT molecular complexity index is 817. The Hall–Kier alpha value is -3.28. The molecule has 6 heteroatoms. The quantitative estimate of drug-likeness (QED) is 0.615. The summed E-state index contributed by atoms with van der Waals surface area (Å²) < 4.78 is 10.9. The molecule has 0 spiro atoms. The van der Waals surface area contributed by atoms with E-state index in [0.29, 0.717) is 18.1 Å². The van der Waals surface area contributed by atoms with Crippen LogP contribution in [0, 0.1) is 0 Å². The summed E-state index contributed by atoms with van der Waals surface area (Å²) in [6.45, 7) is 2.61. The van der Waals surface area contributed by atoms with Crippen molar-refractivity contribution < 1.29 is 24.2 Å². The first kappa shape index (κ1) is 21.0. The number of ether oxygens (including phenoxy) is 2. The molecule has 0 bridgehead atoms. The highest BCUT2D eigenvalue weighted by Crippen LogP contribution is 2.28. The lowest BCUT2D eigenvalue weighted by atomic mass is 10.1. The average Bonchev–Trinajstić information content (AvgIpc) is 2.71. The van der Waals surface area contributed by atoms with E-state index in [1.54, 1.807) is 31.4 Å². The molecule has 1 amide bonds. The van der Waals surface area contributed by atoms with Gasteiger partial charge in [-0.05, 0) is 35.8 Å². The van der Waals surface area contributed by atoms with E-state index < -0.39 is 17.9 Å². The van der Waals surface area contributed by atoms with Crippen molar-refractivity contribution in [3.05, 3.63) is 65.7 Å². The number of amides is 1. The number of carboxylic acid groups (broad SMARTS) is 1. The number of hydrogen-bond acceptors (Lipinski definition) is 4. The maximum Gasteiger partial charge on any atom is 0.326 e. The SMILES string of the molecule is CCCOc1ccc(/C=C/C(=O)NC(Cc2ccccc2)C(=O)O)cc1OC. The molecule has 0 aliphatic heterocycles. The lowest BCUT2D eigenvalue weighted by Crippen LogP contribution is -2.41. The van der Waals surface area contributed by atoms with Gasteiger partial charge in [0.1, 0.15) is 6.04 Å². The Labute approximate surface area is 164 Å². The summed E-state index contributed by atoms with van der Waals surface area (Å²) in [7, 11) is 1.55. The van der Waals surface area contributed by atoms with Crippen molar-refractivity contribution >= 4 is 18.0 Å². The van der Waals surface area contributed by atoms with Crippen LogP contribution in [0.15, 0.2) is 54.6 Å². The molecule has 0 aromatic heterocycles. The number of hydrogen-bond donors (Lipinski definition) is 2. The fourth-order valence-corrected chi connectivity index (χ4v) is 2.56. The highest BCUT2D eigenvalue weighted by molar-refractivity contribution is 5.94. The van der Waals surface area contributed by atoms with E-state index in [-0.39, 0.29) is 6.42 Å². The minimum atomic E-state index is -1.08. The average molecular weight is 383 g/mol. The van der Waals surface area contributed by atoms with Crippen molar-refractivity contribution in [3.63, 3.8) is 0 Å². The predicted molar refractivity (Wildman–Crippen MR) is 108 cm³/mol. The largest absolute Gasteiger partial charge is 0.493 e. The molecule has 0 saturated heterocycles. The molecule has 0 aliphatic carbocycles. The first-order chi connectivity index (χ1) is 13.5. The zero-order valence-corrected chi connectivity index (χ0v) is 16.1. The predicted octanol–water partition coefficient (Wildman–Crippen LogP) is 3.31. The molecule has 28 heavy (non-hydrogen) atoms. The van der Waals surface area contributed by atoms with Gasteiger partial charge in [0.05, 0.1) is 13.7 Å². The van der Waals surface area contributed by atoms with Crippen LogP contribution >= 0.6 is 0 Å². The van der Waals surface area contributed by atoms with Crippen LogP contribution in [0.3, 0.4) is 0 Å². The number of methoxy groups -OCH3 is 1. The van der Waals surface area contributed by atoms with Gasteiger partial charge in [0.25, 0.3) is 0 Å². The Morgan fingerprint density at radius 2 is 1.89 bits per heavy atom. The second-order valence-corrected chi connectivity index (χ2v) is 6.18. The van der Waals surface area contributed by atoms with E-state index >= 15 is 0 Å². The fourth-order valence-electron chi connectivity index (χ4n) is 2.56. The summed E-state index contributed by atoms with van der Waals surface area (Å²) in [5, 5.41) is 11.9. The number of carboxylic acids is 1. The lowest BCUT2D eigenvalue weighted by Gasteiger charge is -2.13. The molecular formula is C22H25NO5. The first-order valence-corrected chi connectivity index (χ1v) is 9.09. The van der Waals surface area contributed by atoms with Crippen molar-refractivity contribution in [3.8, 4) is 11.5 Å².